The van der Waals surface area contributed by atoms with Crippen molar-refractivity contribution in [1.82, 2.24) is 9.97 Å². The Morgan fingerprint density at radius 1 is 1.48 bits per heavy atom. The Morgan fingerprint density at radius 2 is 2.22 bits per heavy atom. The molecule has 0 saturated carbocycles. The fraction of sp³-hybridized carbons (Fsp3) is 0.353. The fourth-order valence-electron chi connectivity index (χ4n) is 1.88. The third kappa shape index (κ3) is 4.30. The number of ether oxygens (including phenoxy) is 1. The number of amides is 1. The maximum Gasteiger partial charge on any atom is 0.416 e. The van der Waals surface area contributed by atoms with E-state index in [4.69, 9.17) is 11.2 Å². The van der Waals surface area contributed by atoms with E-state index in [9.17, 15) is 4.79 Å². The first-order valence-electron chi connectivity index (χ1n) is 7.13. The lowest BCUT2D eigenvalue weighted by Crippen LogP contribution is -2.37. The van der Waals surface area contributed by atoms with E-state index in [1.807, 2.05) is 39.8 Å². The molecule has 0 fully saturated rings. The standard InChI is InChI=1S/C17H19N3O2S/c1-6-10-20(16(21)22-17(3,4)5)15-12(2)19-14(23-15)13-8-7-9-18-11-13/h1,7-9,11H,10H2,2-5H3. The van der Waals surface area contributed by atoms with Gasteiger partial charge in [-0.15, -0.1) is 6.42 Å². The molecular formula is C17H19N3O2S. The van der Waals surface area contributed by atoms with Crippen LogP contribution in [0.1, 0.15) is 26.5 Å². The summed E-state index contributed by atoms with van der Waals surface area (Å²) in [6.07, 6.45) is 8.38. The van der Waals surface area contributed by atoms with E-state index in [1.54, 1.807) is 12.4 Å². The first-order valence-corrected chi connectivity index (χ1v) is 7.95. The number of aromatic nitrogens is 2. The zero-order chi connectivity index (χ0) is 17.0. The lowest BCUT2D eigenvalue weighted by atomic mass is 10.2. The van der Waals surface area contributed by atoms with Crippen molar-refractivity contribution in [3.8, 4) is 22.9 Å². The van der Waals surface area contributed by atoms with E-state index in [0.29, 0.717) is 5.00 Å². The molecule has 0 aliphatic rings. The summed E-state index contributed by atoms with van der Waals surface area (Å²) in [6.45, 7) is 7.43. The molecule has 1 amide bonds. The van der Waals surface area contributed by atoms with Gasteiger partial charge < -0.3 is 4.74 Å². The maximum atomic E-state index is 12.4. The number of nitrogens with zero attached hydrogens (tertiary/aromatic N) is 3. The molecule has 2 rings (SSSR count). The van der Waals surface area contributed by atoms with Crippen molar-refractivity contribution >= 4 is 22.4 Å². The molecule has 2 aromatic rings. The van der Waals surface area contributed by atoms with Crippen molar-refractivity contribution in [1.29, 1.82) is 0 Å². The summed E-state index contributed by atoms with van der Waals surface area (Å²) < 4.78 is 5.43. The average Bonchev–Trinajstić information content (AvgIpc) is 2.85. The van der Waals surface area contributed by atoms with Gasteiger partial charge in [-0.1, -0.05) is 17.3 Å². The van der Waals surface area contributed by atoms with E-state index in [0.717, 1.165) is 16.3 Å². The zero-order valence-corrected chi connectivity index (χ0v) is 14.5. The molecule has 6 heteroatoms. The number of carbonyl (C=O) groups is 1. The smallest absolute Gasteiger partial charge is 0.416 e. The van der Waals surface area contributed by atoms with Gasteiger partial charge in [-0.3, -0.25) is 9.88 Å². The van der Waals surface area contributed by atoms with Crippen LogP contribution in [0.2, 0.25) is 0 Å². The van der Waals surface area contributed by atoms with Crippen LogP contribution in [0.25, 0.3) is 10.6 Å². The van der Waals surface area contributed by atoms with Gasteiger partial charge in [-0.05, 0) is 39.8 Å². The third-order valence-corrected chi connectivity index (χ3v) is 4.02. The highest BCUT2D eigenvalue weighted by Gasteiger charge is 2.26. The molecule has 5 nitrogen and oxygen atoms in total. The number of anilines is 1. The molecule has 2 heterocycles. The van der Waals surface area contributed by atoms with Crippen LogP contribution in [0.5, 0.6) is 0 Å². The maximum absolute atomic E-state index is 12.4. The predicted molar refractivity (Wildman–Crippen MR) is 92.5 cm³/mol. The predicted octanol–water partition coefficient (Wildman–Crippen LogP) is 3.89. The minimum absolute atomic E-state index is 0.129. The van der Waals surface area contributed by atoms with Gasteiger partial charge >= 0.3 is 6.09 Å². The van der Waals surface area contributed by atoms with E-state index in [2.05, 4.69) is 15.9 Å². The van der Waals surface area contributed by atoms with Gasteiger partial charge in [0.15, 0.2) is 0 Å². The molecular weight excluding hydrogens is 310 g/mol. The Hall–Kier alpha value is -2.39. The fourth-order valence-corrected chi connectivity index (χ4v) is 2.93. The van der Waals surface area contributed by atoms with Crippen LogP contribution < -0.4 is 4.90 Å². The average molecular weight is 329 g/mol. The van der Waals surface area contributed by atoms with E-state index < -0.39 is 11.7 Å². The number of thiazole rings is 1. The largest absolute Gasteiger partial charge is 0.443 e. The lowest BCUT2D eigenvalue weighted by Gasteiger charge is -2.25. The number of terminal acetylenes is 1. The molecule has 0 aliphatic carbocycles. The number of pyridine rings is 1. The number of rotatable bonds is 3. The van der Waals surface area contributed by atoms with Crippen molar-refractivity contribution in [3.05, 3.63) is 30.2 Å². The quantitative estimate of drug-likeness (QED) is 0.802. The number of hydrogen-bond donors (Lipinski definition) is 0. The summed E-state index contributed by atoms with van der Waals surface area (Å²) >= 11 is 1.39. The van der Waals surface area contributed by atoms with Crippen LogP contribution in [0.4, 0.5) is 9.80 Å². The minimum atomic E-state index is -0.589. The monoisotopic (exact) mass is 329 g/mol. The molecule has 0 bridgehead atoms. The molecule has 0 unspecified atom stereocenters. The molecule has 0 spiro atoms. The second kappa shape index (κ2) is 6.80. The van der Waals surface area contributed by atoms with Gasteiger partial charge in [0.05, 0.1) is 12.2 Å². The van der Waals surface area contributed by atoms with Crippen LogP contribution in [-0.2, 0) is 4.74 Å². The summed E-state index contributed by atoms with van der Waals surface area (Å²) in [6, 6.07) is 3.77. The molecule has 23 heavy (non-hydrogen) atoms. The van der Waals surface area contributed by atoms with Gasteiger partial charge in [-0.25, -0.2) is 9.78 Å². The Labute approximate surface area is 140 Å². The zero-order valence-electron chi connectivity index (χ0n) is 13.7. The highest BCUT2D eigenvalue weighted by atomic mass is 32.1. The summed E-state index contributed by atoms with van der Waals surface area (Å²) in [5.74, 6) is 2.50. The van der Waals surface area contributed by atoms with Gasteiger partial charge in [-0.2, -0.15) is 0 Å². The molecule has 0 aromatic carbocycles. The second-order valence-corrected chi connectivity index (χ2v) is 6.90. The SMILES string of the molecule is C#CCN(C(=O)OC(C)(C)C)c1sc(-c2cccnc2)nc1C. The summed E-state index contributed by atoms with van der Waals surface area (Å²) in [7, 11) is 0. The Balaban J connectivity index is 2.35. The van der Waals surface area contributed by atoms with Gasteiger partial charge in [0, 0.05) is 18.0 Å². The summed E-state index contributed by atoms with van der Waals surface area (Å²) in [5, 5.41) is 1.48. The van der Waals surface area contributed by atoms with E-state index in [1.165, 1.54) is 16.2 Å². The van der Waals surface area contributed by atoms with Crippen LogP contribution >= 0.6 is 11.3 Å². The van der Waals surface area contributed by atoms with Crippen LogP contribution in [0.15, 0.2) is 24.5 Å². The Bertz CT molecular complexity index is 727. The van der Waals surface area contributed by atoms with Gasteiger partial charge in [0.1, 0.15) is 15.6 Å². The lowest BCUT2D eigenvalue weighted by molar-refractivity contribution is 0.0585. The van der Waals surface area contributed by atoms with Crippen molar-refractivity contribution in [2.24, 2.45) is 0 Å². The number of hydrogen-bond acceptors (Lipinski definition) is 5. The first-order chi connectivity index (χ1) is 10.8. The minimum Gasteiger partial charge on any atom is -0.443 e. The normalized spacial score (nSPS) is 10.9. The van der Waals surface area contributed by atoms with E-state index in [-0.39, 0.29) is 6.54 Å². The van der Waals surface area contributed by atoms with Gasteiger partial charge in [0.2, 0.25) is 0 Å². The van der Waals surface area contributed by atoms with Crippen molar-refractivity contribution in [2.75, 3.05) is 11.4 Å². The first kappa shape index (κ1) is 17.0. The Morgan fingerprint density at radius 3 is 2.78 bits per heavy atom. The van der Waals surface area contributed by atoms with E-state index >= 15 is 0 Å². The van der Waals surface area contributed by atoms with Crippen LogP contribution in [-0.4, -0.2) is 28.2 Å². The van der Waals surface area contributed by atoms with Crippen LogP contribution in [0.3, 0.4) is 0 Å². The molecule has 0 atom stereocenters. The van der Waals surface area contributed by atoms with Crippen molar-refractivity contribution < 1.29 is 9.53 Å². The molecule has 0 saturated heterocycles. The summed E-state index contributed by atoms with van der Waals surface area (Å²) in [4.78, 5) is 22.5. The molecule has 0 N–H and O–H groups in total. The van der Waals surface area contributed by atoms with Crippen molar-refractivity contribution in [2.45, 2.75) is 33.3 Å². The molecule has 2 aromatic heterocycles. The highest BCUT2D eigenvalue weighted by molar-refractivity contribution is 7.19. The van der Waals surface area contributed by atoms with Crippen molar-refractivity contribution in [3.63, 3.8) is 0 Å². The molecule has 0 aliphatic heterocycles. The highest BCUT2D eigenvalue weighted by Crippen LogP contribution is 2.34. The van der Waals surface area contributed by atoms with Crippen LogP contribution in [0, 0.1) is 19.3 Å². The number of aryl methyl sites for hydroxylation is 1. The summed E-state index contributed by atoms with van der Waals surface area (Å²) in [5.41, 5.74) is 1.04. The number of carbonyl (C=O) groups excluding carboxylic acids is 1. The molecule has 0 radical (unpaired) electrons. The van der Waals surface area contributed by atoms with Gasteiger partial charge in [0.25, 0.3) is 0 Å². The Kier molecular flexibility index (Phi) is 5.02. The second-order valence-electron chi connectivity index (χ2n) is 5.92. The topological polar surface area (TPSA) is 55.3 Å². The molecule has 120 valence electrons. The third-order valence-electron chi connectivity index (χ3n) is 2.79.